The summed E-state index contributed by atoms with van der Waals surface area (Å²) in [5.41, 5.74) is 11.0. The Bertz CT molecular complexity index is 1500. The topological polar surface area (TPSA) is 48.0 Å². The molecule has 6 heteroatoms. The molecule has 5 rings (SSSR count). The normalized spacial score (nSPS) is 11.3. The van der Waals surface area contributed by atoms with E-state index in [1.54, 1.807) is 6.07 Å². The summed E-state index contributed by atoms with van der Waals surface area (Å²) < 4.78 is 3.22. The van der Waals surface area contributed by atoms with Crippen LogP contribution in [0, 0.1) is 0 Å². The molecule has 0 aliphatic carbocycles. The number of nitrogens with zero attached hydrogens (tertiary/aromatic N) is 1. The van der Waals surface area contributed by atoms with Gasteiger partial charge in [0.1, 0.15) is 0 Å². The first-order valence-electron chi connectivity index (χ1n) is 9.98. The van der Waals surface area contributed by atoms with Crippen LogP contribution in [-0.4, -0.2) is 10.5 Å². The summed E-state index contributed by atoms with van der Waals surface area (Å²) in [6.45, 7) is 0.614. The number of carbonyl (C=O) groups excluding carboxylic acids is 1. The number of benzene rings is 4. The zero-order chi connectivity index (χ0) is 22.4. The molecule has 0 fully saturated rings. The van der Waals surface area contributed by atoms with Gasteiger partial charge in [0.05, 0.1) is 11.0 Å². The third-order valence-corrected chi connectivity index (χ3v) is 7.10. The molecule has 2 N–H and O–H groups in total. The van der Waals surface area contributed by atoms with Crippen LogP contribution in [0.15, 0.2) is 83.3 Å². The van der Waals surface area contributed by atoms with Crippen LogP contribution in [0.2, 0.25) is 10.0 Å². The molecule has 1 aromatic heterocycles. The average Bonchev–Trinajstić information content (AvgIpc) is 3.08. The average molecular weight is 524 g/mol. The minimum Gasteiger partial charge on any atom is -0.366 e. The molecule has 0 unspecified atom stereocenters. The lowest BCUT2D eigenvalue weighted by atomic mass is 10.0. The molecule has 1 amide bonds. The maximum Gasteiger partial charge on any atom is 0.249 e. The molecule has 5 aromatic rings. The van der Waals surface area contributed by atoms with E-state index in [0.29, 0.717) is 22.2 Å². The predicted octanol–water partition coefficient (Wildman–Crippen LogP) is 7.68. The molecular weight excluding hydrogens is 507 g/mol. The van der Waals surface area contributed by atoms with Crippen molar-refractivity contribution in [2.24, 2.45) is 5.73 Å². The number of halogens is 3. The monoisotopic (exact) mass is 522 g/mol. The Morgan fingerprint density at radius 3 is 2.31 bits per heavy atom. The first-order valence-corrected chi connectivity index (χ1v) is 11.5. The highest BCUT2D eigenvalue weighted by Crippen LogP contribution is 2.39. The standard InChI is InChI=1S/C26H17BrCl2N2O/c27-19-7-2-1-5-16(19)14-31-22-10-3-6-18(26(30)32)25(22)17-12-11-15(13-23(17)31)24-20(28)8-4-9-21(24)29/h1-13H,14H2,(H2,30,32). The summed E-state index contributed by atoms with van der Waals surface area (Å²) in [6.07, 6.45) is 0. The molecule has 0 saturated carbocycles. The van der Waals surface area contributed by atoms with Gasteiger partial charge >= 0.3 is 0 Å². The number of hydrogen-bond acceptors (Lipinski definition) is 1. The molecule has 0 bridgehead atoms. The van der Waals surface area contributed by atoms with E-state index >= 15 is 0 Å². The summed E-state index contributed by atoms with van der Waals surface area (Å²) in [7, 11) is 0. The van der Waals surface area contributed by atoms with Crippen LogP contribution in [0.5, 0.6) is 0 Å². The number of carbonyl (C=O) groups is 1. The van der Waals surface area contributed by atoms with Crippen molar-refractivity contribution >= 4 is 66.8 Å². The zero-order valence-electron chi connectivity index (χ0n) is 16.8. The molecule has 0 atom stereocenters. The number of rotatable bonds is 4. The van der Waals surface area contributed by atoms with E-state index in [1.807, 2.05) is 60.7 Å². The van der Waals surface area contributed by atoms with Crippen molar-refractivity contribution in [2.75, 3.05) is 0 Å². The van der Waals surface area contributed by atoms with Crippen LogP contribution in [0.4, 0.5) is 0 Å². The predicted molar refractivity (Wildman–Crippen MR) is 137 cm³/mol. The van der Waals surface area contributed by atoms with E-state index in [9.17, 15) is 4.79 Å². The van der Waals surface area contributed by atoms with E-state index in [0.717, 1.165) is 43.0 Å². The summed E-state index contributed by atoms with van der Waals surface area (Å²) in [6, 6.07) is 25.3. The van der Waals surface area contributed by atoms with Crippen molar-refractivity contribution in [2.45, 2.75) is 6.54 Å². The Labute approximate surface area is 203 Å². The van der Waals surface area contributed by atoms with Crippen molar-refractivity contribution in [3.05, 3.63) is 105 Å². The molecule has 0 saturated heterocycles. The van der Waals surface area contributed by atoms with Gasteiger partial charge in [-0.3, -0.25) is 4.79 Å². The number of hydrogen-bond donors (Lipinski definition) is 1. The smallest absolute Gasteiger partial charge is 0.249 e. The number of fused-ring (bicyclic) bond motifs is 3. The lowest BCUT2D eigenvalue weighted by Crippen LogP contribution is -2.11. The van der Waals surface area contributed by atoms with E-state index < -0.39 is 5.91 Å². The minimum atomic E-state index is -0.450. The van der Waals surface area contributed by atoms with Crippen LogP contribution in [-0.2, 0) is 6.54 Å². The second-order valence-electron chi connectivity index (χ2n) is 7.57. The molecule has 158 valence electrons. The van der Waals surface area contributed by atoms with Gasteiger partial charge in [-0.1, -0.05) is 81.6 Å². The van der Waals surface area contributed by atoms with Crippen LogP contribution in [0.3, 0.4) is 0 Å². The van der Waals surface area contributed by atoms with Gasteiger partial charge in [0, 0.05) is 43.0 Å². The highest BCUT2D eigenvalue weighted by Gasteiger charge is 2.18. The number of amides is 1. The van der Waals surface area contributed by atoms with Crippen LogP contribution >= 0.6 is 39.1 Å². The highest BCUT2D eigenvalue weighted by atomic mass is 79.9. The number of aromatic nitrogens is 1. The first kappa shape index (κ1) is 21.1. The van der Waals surface area contributed by atoms with Crippen molar-refractivity contribution in [1.82, 2.24) is 4.57 Å². The van der Waals surface area contributed by atoms with Gasteiger partial charge in [0.15, 0.2) is 0 Å². The molecule has 1 heterocycles. The first-order chi connectivity index (χ1) is 15.5. The van der Waals surface area contributed by atoms with Crippen LogP contribution < -0.4 is 5.73 Å². The summed E-state index contributed by atoms with van der Waals surface area (Å²) in [4.78, 5) is 12.2. The van der Waals surface area contributed by atoms with E-state index in [1.165, 1.54) is 0 Å². The third kappa shape index (κ3) is 3.49. The fraction of sp³-hybridized carbons (Fsp3) is 0.0385. The van der Waals surface area contributed by atoms with E-state index in [-0.39, 0.29) is 0 Å². The van der Waals surface area contributed by atoms with Gasteiger partial charge in [0.2, 0.25) is 5.91 Å². The second kappa shape index (κ2) is 8.28. The molecule has 3 nitrogen and oxygen atoms in total. The van der Waals surface area contributed by atoms with Crippen molar-refractivity contribution < 1.29 is 4.79 Å². The molecular formula is C26H17BrCl2N2O. The molecule has 0 radical (unpaired) electrons. The van der Waals surface area contributed by atoms with Crippen LogP contribution in [0.25, 0.3) is 32.9 Å². The maximum absolute atomic E-state index is 12.2. The van der Waals surface area contributed by atoms with E-state index in [2.05, 4.69) is 32.6 Å². The van der Waals surface area contributed by atoms with E-state index in [4.69, 9.17) is 28.9 Å². The lowest BCUT2D eigenvalue weighted by Gasteiger charge is -2.11. The summed E-state index contributed by atoms with van der Waals surface area (Å²) >= 11 is 16.6. The molecule has 4 aromatic carbocycles. The lowest BCUT2D eigenvalue weighted by molar-refractivity contribution is 0.100. The number of primary amides is 1. The Balaban J connectivity index is 1.85. The van der Waals surface area contributed by atoms with Crippen molar-refractivity contribution in [3.63, 3.8) is 0 Å². The quantitative estimate of drug-likeness (QED) is 0.258. The fourth-order valence-electron chi connectivity index (χ4n) is 4.25. The van der Waals surface area contributed by atoms with Crippen molar-refractivity contribution in [1.29, 1.82) is 0 Å². The fourth-order valence-corrected chi connectivity index (χ4v) is 5.27. The van der Waals surface area contributed by atoms with Gasteiger partial charge in [0.25, 0.3) is 0 Å². The largest absolute Gasteiger partial charge is 0.366 e. The minimum absolute atomic E-state index is 0.450. The highest BCUT2D eigenvalue weighted by molar-refractivity contribution is 9.10. The molecule has 0 aliphatic heterocycles. The SMILES string of the molecule is NC(=O)c1cccc2c1c1ccc(-c3c(Cl)cccc3Cl)cc1n2Cc1ccccc1Br. The Morgan fingerprint density at radius 1 is 0.875 bits per heavy atom. The molecule has 0 spiro atoms. The zero-order valence-corrected chi connectivity index (χ0v) is 19.9. The summed E-state index contributed by atoms with van der Waals surface area (Å²) in [5.74, 6) is -0.450. The van der Waals surface area contributed by atoms with Crippen molar-refractivity contribution in [3.8, 4) is 11.1 Å². The Kier molecular flexibility index (Phi) is 5.46. The van der Waals surface area contributed by atoms with Crippen LogP contribution in [0.1, 0.15) is 15.9 Å². The molecule has 0 aliphatic rings. The van der Waals surface area contributed by atoms with Gasteiger partial charge in [-0.2, -0.15) is 0 Å². The Morgan fingerprint density at radius 2 is 1.59 bits per heavy atom. The molecule has 32 heavy (non-hydrogen) atoms. The Hall–Kier alpha value is -2.79. The second-order valence-corrected chi connectivity index (χ2v) is 9.24. The maximum atomic E-state index is 12.2. The van der Waals surface area contributed by atoms with Gasteiger partial charge in [-0.05, 0) is 47.5 Å². The third-order valence-electron chi connectivity index (χ3n) is 5.69. The van der Waals surface area contributed by atoms with Gasteiger partial charge in [-0.15, -0.1) is 0 Å². The van der Waals surface area contributed by atoms with Gasteiger partial charge in [-0.25, -0.2) is 0 Å². The summed E-state index contributed by atoms with van der Waals surface area (Å²) in [5, 5.41) is 2.97. The number of nitrogens with two attached hydrogens (primary N) is 1. The van der Waals surface area contributed by atoms with Gasteiger partial charge < -0.3 is 10.3 Å².